The number of halogens is 1. The minimum Gasteiger partial charge on any atom is -0.497 e. The normalized spacial score (nSPS) is 11.4. The van der Waals surface area contributed by atoms with E-state index in [1.807, 2.05) is 0 Å². The molecule has 0 fully saturated rings. The van der Waals surface area contributed by atoms with Gasteiger partial charge in [-0.05, 0) is 73.7 Å². The second kappa shape index (κ2) is 9.26. The van der Waals surface area contributed by atoms with Gasteiger partial charge >= 0.3 is 0 Å². The predicted octanol–water partition coefficient (Wildman–Crippen LogP) is 5.25. The lowest BCUT2D eigenvalue weighted by Crippen LogP contribution is -2.23. The molecule has 5 nitrogen and oxygen atoms in total. The van der Waals surface area contributed by atoms with Crippen molar-refractivity contribution in [3.63, 3.8) is 0 Å². The molecule has 1 unspecified atom stereocenters. The first kappa shape index (κ1) is 20.4. The molecule has 6 heteroatoms. The van der Waals surface area contributed by atoms with Gasteiger partial charge in [0.05, 0.1) is 7.11 Å². The molecule has 0 aliphatic carbocycles. The van der Waals surface area contributed by atoms with E-state index < -0.39 is 6.10 Å². The Kier molecular flexibility index (Phi) is 6.52. The summed E-state index contributed by atoms with van der Waals surface area (Å²) in [6.45, 7) is 1.69. The lowest BCUT2D eigenvalue weighted by Gasteiger charge is -2.14. The minimum absolute atomic E-state index is 0.142. The molecule has 3 aromatic rings. The second-order valence-corrected chi connectivity index (χ2v) is 6.78. The first-order valence-electron chi connectivity index (χ1n) is 8.98. The summed E-state index contributed by atoms with van der Waals surface area (Å²) < 4.78 is 10.9. The van der Waals surface area contributed by atoms with Crippen LogP contribution < -0.4 is 14.8 Å². The number of carbonyl (C=O) groups is 2. The van der Waals surface area contributed by atoms with Gasteiger partial charge in [0, 0.05) is 21.8 Å². The van der Waals surface area contributed by atoms with E-state index in [-0.39, 0.29) is 11.7 Å². The number of hydrogen-bond acceptors (Lipinski definition) is 4. The van der Waals surface area contributed by atoms with Crippen LogP contribution in [0, 0.1) is 0 Å². The highest BCUT2D eigenvalue weighted by Gasteiger charge is 2.17. The highest BCUT2D eigenvalue weighted by Crippen LogP contribution is 2.20. The third-order valence-electron chi connectivity index (χ3n) is 4.25. The monoisotopic (exact) mass is 409 g/mol. The van der Waals surface area contributed by atoms with E-state index in [1.165, 1.54) is 0 Å². The van der Waals surface area contributed by atoms with Crippen molar-refractivity contribution in [2.24, 2.45) is 0 Å². The third kappa shape index (κ3) is 5.36. The summed E-state index contributed by atoms with van der Waals surface area (Å²) in [5.74, 6) is 0.751. The number of amides is 1. The Morgan fingerprint density at radius 1 is 0.897 bits per heavy atom. The van der Waals surface area contributed by atoms with Gasteiger partial charge in [-0.2, -0.15) is 0 Å². The van der Waals surface area contributed by atoms with E-state index in [1.54, 1.807) is 86.8 Å². The third-order valence-corrected chi connectivity index (χ3v) is 4.51. The molecule has 0 aliphatic rings. The van der Waals surface area contributed by atoms with Crippen LogP contribution in [0.1, 0.15) is 27.6 Å². The van der Waals surface area contributed by atoms with Gasteiger partial charge in [0.2, 0.25) is 5.78 Å². The molecule has 0 radical (unpaired) electrons. The largest absolute Gasteiger partial charge is 0.497 e. The molecule has 148 valence electrons. The fraction of sp³-hybridized carbons (Fsp3) is 0.130. The zero-order valence-electron chi connectivity index (χ0n) is 16.0. The van der Waals surface area contributed by atoms with Crippen molar-refractivity contribution >= 4 is 29.0 Å². The van der Waals surface area contributed by atoms with Gasteiger partial charge in [-0.15, -0.1) is 0 Å². The molecule has 3 aromatic carbocycles. The molecule has 0 saturated carbocycles. The summed E-state index contributed by atoms with van der Waals surface area (Å²) >= 11 is 5.85. The number of anilines is 1. The topological polar surface area (TPSA) is 64.6 Å². The molecular formula is C23H20ClNO4. The number of hydrogen-bond donors (Lipinski definition) is 1. The number of benzene rings is 3. The van der Waals surface area contributed by atoms with Crippen molar-refractivity contribution in [2.75, 3.05) is 12.4 Å². The van der Waals surface area contributed by atoms with Crippen LogP contribution in [0.25, 0.3) is 0 Å². The summed E-state index contributed by atoms with van der Waals surface area (Å²) in [5, 5.41) is 3.39. The van der Waals surface area contributed by atoms with Crippen LogP contribution >= 0.6 is 11.6 Å². The zero-order valence-corrected chi connectivity index (χ0v) is 16.8. The average Bonchev–Trinajstić information content (AvgIpc) is 2.75. The number of ether oxygens (including phenoxy) is 2. The quantitative estimate of drug-likeness (QED) is 0.541. The molecule has 0 spiro atoms. The van der Waals surface area contributed by atoms with Crippen molar-refractivity contribution in [1.82, 2.24) is 0 Å². The van der Waals surface area contributed by atoms with Crippen LogP contribution in [0.15, 0.2) is 72.8 Å². The maximum Gasteiger partial charge on any atom is 0.255 e. The molecule has 3 rings (SSSR count). The molecule has 0 bridgehead atoms. The number of Topliss-reactive ketones (excluding diaryl/α,β-unsaturated/α-hetero) is 1. The fourth-order valence-corrected chi connectivity index (χ4v) is 2.82. The number of nitrogens with one attached hydrogen (secondary N) is 1. The van der Waals surface area contributed by atoms with E-state index in [4.69, 9.17) is 21.1 Å². The molecule has 0 aromatic heterocycles. The summed E-state index contributed by atoms with van der Waals surface area (Å²) in [7, 11) is 1.55. The number of carbonyl (C=O) groups excluding carboxylic acids is 2. The maximum absolute atomic E-state index is 12.4. The molecular weight excluding hydrogens is 390 g/mol. The Morgan fingerprint density at radius 3 is 2.24 bits per heavy atom. The van der Waals surface area contributed by atoms with Crippen molar-refractivity contribution < 1.29 is 19.1 Å². The molecule has 0 aliphatic heterocycles. The van der Waals surface area contributed by atoms with Crippen molar-refractivity contribution in [2.45, 2.75) is 13.0 Å². The van der Waals surface area contributed by atoms with Crippen molar-refractivity contribution in [1.29, 1.82) is 0 Å². The second-order valence-electron chi connectivity index (χ2n) is 6.34. The molecule has 1 amide bonds. The van der Waals surface area contributed by atoms with Gasteiger partial charge < -0.3 is 14.8 Å². The fourth-order valence-electron chi connectivity index (χ4n) is 2.69. The highest BCUT2D eigenvalue weighted by molar-refractivity contribution is 6.30. The Bertz CT molecular complexity index is 1000. The predicted molar refractivity (Wildman–Crippen MR) is 113 cm³/mol. The summed E-state index contributed by atoms with van der Waals surface area (Å²) in [4.78, 5) is 24.8. The lowest BCUT2D eigenvalue weighted by atomic mass is 10.1. The van der Waals surface area contributed by atoms with Gasteiger partial charge in [0.15, 0.2) is 6.10 Å². The van der Waals surface area contributed by atoms with Crippen LogP contribution in [0.5, 0.6) is 11.5 Å². The smallest absolute Gasteiger partial charge is 0.255 e. The lowest BCUT2D eigenvalue weighted by molar-refractivity contribution is 0.0818. The van der Waals surface area contributed by atoms with Crippen molar-refractivity contribution in [3.05, 3.63) is 88.9 Å². The van der Waals surface area contributed by atoms with Crippen LogP contribution in [-0.4, -0.2) is 24.9 Å². The standard InChI is InChI=1S/C23H20ClNO4/c1-15(22(26)16-6-8-18(24)9-7-16)29-20-12-10-19(11-13-20)25-23(27)17-4-3-5-21(14-17)28-2/h3-15H,1-2H3,(H,25,27). The van der Waals surface area contributed by atoms with E-state index in [2.05, 4.69) is 5.32 Å². The van der Waals surface area contributed by atoms with Crippen LogP contribution in [0.2, 0.25) is 5.02 Å². The van der Waals surface area contributed by atoms with Crippen LogP contribution in [0.4, 0.5) is 5.69 Å². The number of ketones is 1. The average molecular weight is 410 g/mol. The van der Waals surface area contributed by atoms with E-state index in [9.17, 15) is 9.59 Å². The van der Waals surface area contributed by atoms with Crippen molar-refractivity contribution in [3.8, 4) is 11.5 Å². The minimum atomic E-state index is -0.659. The molecule has 1 N–H and O–H groups in total. The first-order chi connectivity index (χ1) is 14.0. The maximum atomic E-state index is 12.4. The summed E-state index contributed by atoms with van der Waals surface area (Å²) in [6, 6.07) is 20.4. The molecule has 0 heterocycles. The Hall–Kier alpha value is -3.31. The zero-order chi connectivity index (χ0) is 20.8. The van der Waals surface area contributed by atoms with Gasteiger partial charge in [0.25, 0.3) is 5.91 Å². The van der Waals surface area contributed by atoms with E-state index >= 15 is 0 Å². The molecule has 1 atom stereocenters. The molecule has 0 saturated heterocycles. The summed E-state index contributed by atoms with van der Waals surface area (Å²) in [6.07, 6.45) is -0.659. The number of rotatable bonds is 7. The van der Waals surface area contributed by atoms with E-state index in [0.717, 1.165) is 0 Å². The van der Waals surface area contributed by atoms with Gasteiger partial charge in [-0.1, -0.05) is 17.7 Å². The first-order valence-corrected chi connectivity index (χ1v) is 9.36. The Labute approximate surface area is 174 Å². The summed E-state index contributed by atoms with van der Waals surface area (Å²) in [5.41, 5.74) is 1.64. The van der Waals surface area contributed by atoms with Gasteiger partial charge in [0.1, 0.15) is 11.5 Å². The van der Waals surface area contributed by atoms with Crippen LogP contribution in [-0.2, 0) is 0 Å². The van der Waals surface area contributed by atoms with Crippen LogP contribution in [0.3, 0.4) is 0 Å². The highest BCUT2D eigenvalue weighted by atomic mass is 35.5. The SMILES string of the molecule is COc1cccc(C(=O)Nc2ccc(OC(C)C(=O)c3ccc(Cl)cc3)cc2)c1. The van der Waals surface area contributed by atoms with Gasteiger partial charge in [-0.25, -0.2) is 0 Å². The van der Waals surface area contributed by atoms with E-state index in [0.29, 0.717) is 33.3 Å². The van der Waals surface area contributed by atoms with Gasteiger partial charge in [-0.3, -0.25) is 9.59 Å². The Morgan fingerprint density at radius 2 is 1.59 bits per heavy atom. The Balaban J connectivity index is 1.61. The number of methoxy groups -OCH3 is 1. The molecule has 29 heavy (non-hydrogen) atoms.